The van der Waals surface area contributed by atoms with Gasteiger partial charge in [-0.2, -0.15) is 8.42 Å². The Kier molecular flexibility index (Phi) is 3.08. The number of hydrogen-bond donors (Lipinski definition) is 0. The highest BCUT2D eigenvalue weighted by atomic mass is 32.2. The molecule has 0 aliphatic heterocycles. The second-order valence-corrected chi connectivity index (χ2v) is 5.76. The summed E-state index contributed by atoms with van der Waals surface area (Å²) in [4.78, 5) is 0.125. The Morgan fingerprint density at radius 1 is 0.850 bits per heavy atom. The minimum absolute atomic E-state index is 0.125. The first-order chi connectivity index (χ1) is 9.67. The largest absolute Gasteiger partial charge is 0.301 e. The topological polar surface area (TPSA) is 63.8 Å². The first kappa shape index (κ1) is 12.6. The number of fused-ring (bicyclic) bond motifs is 1. The molecule has 0 saturated heterocycles. The quantitative estimate of drug-likeness (QED) is 0.693. The van der Waals surface area contributed by atoms with Crippen molar-refractivity contribution in [3.05, 3.63) is 66.9 Å². The minimum atomic E-state index is -3.77. The summed E-state index contributed by atoms with van der Waals surface area (Å²) in [6.07, 6.45) is 1.68. The van der Waals surface area contributed by atoms with Gasteiger partial charge in [0.1, 0.15) is 0 Å². The second-order valence-electron chi connectivity index (χ2n) is 4.18. The summed E-state index contributed by atoms with van der Waals surface area (Å²) < 4.78 is 28.9. The van der Waals surface area contributed by atoms with Gasteiger partial charge in [-0.05, 0) is 28.8 Å². The van der Waals surface area contributed by atoms with Crippen LogP contribution in [0.25, 0.3) is 10.9 Å². The van der Waals surface area contributed by atoms with Crippen LogP contribution in [0.3, 0.4) is 0 Å². The third-order valence-corrected chi connectivity index (χ3v) is 4.02. The van der Waals surface area contributed by atoms with E-state index >= 15 is 0 Å². The Labute approximate surface area is 116 Å². The van der Waals surface area contributed by atoms with Crippen molar-refractivity contribution in [3.8, 4) is 0 Å². The van der Waals surface area contributed by atoms with E-state index in [1.165, 1.54) is 16.8 Å². The lowest BCUT2D eigenvalue weighted by Crippen LogP contribution is -1.96. The van der Waals surface area contributed by atoms with E-state index in [2.05, 4.69) is 9.74 Å². The number of para-hydroxylation sites is 1. The molecule has 100 valence electrons. The van der Waals surface area contributed by atoms with Gasteiger partial charge in [-0.3, -0.25) is 0 Å². The molecule has 0 saturated carbocycles. The lowest BCUT2D eigenvalue weighted by Gasteiger charge is -1.97. The monoisotopic (exact) mass is 285 g/mol. The zero-order valence-electron chi connectivity index (χ0n) is 10.4. The first-order valence-electron chi connectivity index (χ1n) is 5.96. The van der Waals surface area contributed by atoms with E-state index in [4.69, 9.17) is 0 Å². The number of benzene rings is 2. The summed E-state index contributed by atoms with van der Waals surface area (Å²) in [6, 6.07) is 17.4. The van der Waals surface area contributed by atoms with Crippen molar-refractivity contribution >= 4 is 20.9 Å². The fourth-order valence-corrected chi connectivity index (χ4v) is 2.64. The Morgan fingerprint density at radius 3 is 2.35 bits per heavy atom. The zero-order chi connectivity index (χ0) is 14.0. The van der Waals surface area contributed by atoms with Gasteiger partial charge < -0.3 is 0 Å². The summed E-state index contributed by atoms with van der Waals surface area (Å²) in [5.41, 5.74) is 0.805. The van der Waals surface area contributed by atoms with Crippen LogP contribution >= 0.6 is 0 Å². The molecule has 6 heteroatoms. The smallest absolute Gasteiger partial charge is 0.221 e. The fraction of sp³-hybridized carbons (Fsp3) is 0. The highest BCUT2D eigenvalue weighted by Crippen LogP contribution is 2.16. The molecule has 3 rings (SSSR count). The molecule has 0 radical (unpaired) electrons. The Hall–Kier alpha value is -2.47. The summed E-state index contributed by atoms with van der Waals surface area (Å²) in [5, 5.41) is 4.77. The van der Waals surface area contributed by atoms with Crippen LogP contribution in [-0.4, -0.2) is 13.1 Å². The van der Waals surface area contributed by atoms with Gasteiger partial charge in [0, 0.05) is 11.6 Å². The Bertz CT molecular complexity index is 868. The van der Waals surface area contributed by atoms with E-state index in [1.54, 1.807) is 24.4 Å². The van der Waals surface area contributed by atoms with Gasteiger partial charge in [0.15, 0.2) is 0 Å². The van der Waals surface area contributed by atoms with Crippen molar-refractivity contribution in [1.29, 1.82) is 0 Å². The van der Waals surface area contributed by atoms with E-state index in [0.717, 1.165) is 10.9 Å². The molecule has 20 heavy (non-hydrogen) atoms. The van der Waals surface area contributed by atoms with Crippen LogP contribution in [-0.2, 0) is 10.0 Å². The maximum absolute atomic E-state index is 12.0. The molecule has 0 fully saturated rings. The zero-order valence-corrected chi connectivity index (χ0v) is 11.2. The first-order valence-corrected chi connectivity index (χ1v) is 7.40. The van der Waals surface area contributed by atoms with E-state index in [1.807, 2.05) is 30.3 Å². The normalized spacial score (nSPS) is 12.2. The average molecular weight is 285 g/mol. The number of aromatic nitrogens is 1. The maximum atomic E-state index is 12.0. The van der Waals surface area contributed by atoms with Gasteiger partial charge in [0.2, 0.25) is 0 Å². The van der Waals surface area contributed by atoms with Crippen molar-refractivity contribution in [2.45, 2.75) is 4.90 Å². The molecule has 0 unspecified atom stereocenters. The van der Waals surface area contributed by atoms with E-state index in [-0.39, 0.29) is 4.90 Å². The molecular weight excluding hydrogens is 274 g/mol. The molecule has 0 aliphatic rings. The lowest BCUT2D eigenvalue weighted by molar-refractivity contribution is 0.592. The highest BCUT2D eigenvalue weighted by molar-refractivity contribution is 7.90. The molecule has 0 amide bonds. The van der Waals surface area contributed by atoms with Crippen LogP contribution in [0.2, 0.25) is 0 Å². The summed E-state index contributed by atoms with van der Waals surface area (Å²) in [6.45, 7) is 0. The summed E-state index contributed by atoms with van der Waals surface area (Å²) in [7, 11) is -3.77. The van der Waals surface area contributed by atoms with Gasteiger partial charge in [0.25, 0.3) is 0 Å². The van der Waals surface area contributed by atoms with Gasteiger partial charge in [-0.25, -0.2) is 4.68 Å². The molecule has 0 aliphatic carbocycles. The minimum Gasteiger partial charge on any atom is -0.221 e. The van der Waals surface area contributed by atoms with Gasteiger partial charge >= 0.3 is 10.0 Å². The van der Waals surface area contributed by atoms with E-state index < -0.39 is 10.0 Å². The van der Waals surface area contributed by atoms with E-state index in [0.29, 0.717) is 0 Å². The second kappa shape index (κ2) is 4.90. The van der Waals surface area contributed by atoms with Crippen molar-refractivity contribution in [2.75, 3.05) is 0 Å². The van der Waals surface area contributed by atoms with Crippen LogP contribution in [0, 0.1) is 0 Å². The Morgan fingerprint density at radius 2 is 1.55 bits per heavy atom. The predicted molar refractivity (Wildman–Crippen MR) is 75.8 cm³/mol. The summed E-state index contributed by atoms with van der Waals surface area (Å²) >= 11 is 0. The summed E-state index contributed by atoms with van der Waals surface area (Å²) in [5.74, 6) is 0. The SMILES string of the molecule is O=S(=O)(N=Nn1ccc2ccccc21)c1ccccc1. The molecule has 5 nitrogen and oxygen atoms in total. The van der Waals surface area contributed by atoms with Crippen molar-refractivity contribution in [2.24, 2.45) is 9.74 Å². The van der Waals surface area contributed by atoms with Crippen LogP contribution in [0.15, 0.2) is 81.5 Å². The van der Waals surface area contributed by atoms with E-state index in [9.17, 15) is 8.42 Å². The molecule has 1 aromatic heterocycles. The Balaban J connectivity index is 1.99. The molecule has 0 atom stereocenters. The molecule has 0 N–H and O–H groups in total. The van der Waals surface area contributed by atoms with Crippen LogP contribution in [0.5, 0.6) is 0 Å². The highest BCUT2D eigenvalue weighted by Gasteiger charge is 2.12. The predicted octanol–water partition coefficient (Wildman–Crippen LogP) is 3.25. The number of nitrogens with zero attached hydrogens (tertiary/aromatic N) is 3. The number of hydrogen-bond acceptors (Lipinski definition) is 3. The lowest BCUT2D eigenvalue weighted by atomic mass is 10.3. The number of sulfonamides is 1. The number of rotatable bonds is 3. The van der Waals surface area contributed by atoms with Gasteiger partial charge in [-0.1, -0.05) is 41.6 Å². The van der Waals surface area contributed by atoms with Crippen molar-refractivity contribution in [3.63, 3.8) is 0 Å². The van der Waals surface area contributed by atoms with Gasteiger partial charge in [-0.15, -0.1) is 0 Å². The average Bonchev–Trinajstić information content (AvgIpc) is 2.89. The van der Waals surface area contributed by atoms with Crippen LogP contribution in [0.4, 0.5) is 0 Å². The molecule has 3 aromatic rings. The van der Waals surface area contributed by atoms with Crippen molar-refractivity contribution in [1.82, 2.24) is 4.68 Å². The maximum Gasteiger partial charge on any atom is 0.301 e. The molecule has 0 spiro atoms. The molecule has 2 aromatic carbocycles. The molecule has 1 heterocycles. The van der Waals surface area contributed by atoms with Gasteiger partial charge in [0.05, 0.1) is 10.4 Å². The third kappa shape index (κ3) is 2.33. The van der Waals surface area contributed by atoms with Crippen LogP contribution in [0.1, 0.15) is 0 Å². The molecule has 0 bridgehead atoms. The third-order valence-electron chi connectivity index (χ3n) is 2.86. The fourth-order valence-electron chi connectivity index (χ4n) is 1.87. The molecular formula is C14H11N3O2S. The van der Waals surface area contributed by atoms with Crippen LogP contribution < -0.4 is 0 Å². The van der Waals surface area contributed by atoms with Crippen molar-refractivity contribution < 1.29 is 8.42 Å². The standard InChI is InChI=1S/C14H11N3O2S/c18-20(19,13-7-2-1-3-8-13)16-15-17-11-10-12-6-4-5-9-14(12)17/h1-11H.